The van der Waals surface area contributed by atoms with Crippen molar-refractivity contribution >= 4 is 31.4 Å². The molecule has 0 saturated carbocycles. The van der Waals surface area contributed by atoms with Gasteiger partial charge in [-0.1, -0.05) is 24.3 Å². The predicted molar refractivity (Wildman–Crippen MR) is 119 cm³/mol. The van der Waals surface area contributed by atoms with Crippen molar-refractivity contribution in [2.45, 2.75) is 22.6 Å². The Morgan fingerprint density at radius 2 is 1.00 bits per heavy atom. The third kappa shape index (κ3) is 7.54. The summed E-state index contributed by atoms with van der Waals surface area (Å²) < 4.78 is 53.7. The van der Waals surface area contributed by atoms with Crippen molar-refractivity contribution in [3.8, 4) is 0 Å². The van der Waals surface area contributed by atoms with Crippen molar-refractivity contribution in [2.24, 2.45) is 0 Å². The number of nitro benzene ring substituents is 2. The summed E-state index contributed by atoms with van der Waals surface area (Å²) in [5, 5.41) is 25.0. The maximum Gasteiger partial charge on any atom is 0.289 e. The molecule has 0 fully saturated rings. The molecular formula is C18H23N5O8S2. The van der Waals surface area contributed by atoms with Crippen LogP contribution >= 0.6 is 0 Å². The van der Waals surface area contributed by atoms with Gasteiger partial charge in [-0.05, 0) is 38.1 Å². The van der Waals surface area contributed by atoms with Crippen LogP contribution in [-0.4, -0.2) is 52.9 Å². The van der Waals surface area contributed by atoms with E-state index in [4.69, 9.17) is 0 Å². The highest BCUT2D eigenvalue weighted by Crippen LogP contribution is 2.23. The fourth-order valence-electron chi connectivity index (χ4n) is 2.79. The summed E-state index contributed by atoms with van der Waals surface area (Å²) >= 11 is 0. The van der Waals surface area contributed by atoms with Crippen molar-refractivity contribution in [1.29, 1.82) is 0 Å². The van der Waals surface area contributed by atoms with Gasteiger partial charge in [0.05, 0.1) is 9.85 Å². The average molecular weight is 502 g/mol. The molecule has 0 aliphatic carbocycles. The summed E-state index contributed by atoms with van der Waals surface area (Å²) in [6, 6.07) is 10.1. The maximum atomic E-state index is 12.3. The minimum Gasteiger partial charge on any atom is -0.317 e. The van der Waals surface area contributed by atoms with E-state index in [1.807, 2.05) is 0 Å². The first-order valence-electron chi connectivity index (χ1n) is 9.73. The van der Waals surface area contributed by atoms with E-state index in [0.29, 0.717) is 25.9 Å². The van der Waals surface area contributed by atoms with Crippen LogP contribution in [-0.2, 0) is 20.0 Å². The normalized spacial score (nSPS) is 11.9. The highest BCUT2D eigenvalue weighted by Gasteiger charge is 2.25. The van der Waals surface area contributed by atoms with Crippen LogP contribution in [0.1, 0.15) is 12.8 Å². The molecule has 15 heteroatoms. The van der Waals surface area contributed by atoms with Gasteiger partial charge in [-0.15, -0.1) is 0 Å². The molecule has 0 aromatic heterocycles. The van der Waals surface area contributed by atoms with Gasteiger partial charge >= 0.3 is 0 Å². The van der Waals surface area contributed by atoms with Gasteiger partial charge in [-0.2, -0.15) is 0 Å². The molecule has 0 unspecified atom stereocenters. The van der Waals surface area contributed by atoms with Gasteiger partial charge in [-0.25, -0.2) is 26.3 Å². The fourth-order valence-corrected chi connectivity index (χ4v) is 5.28. The second kappa shape index (κ2) is 11.8. The third-order valence-electron chi connectivity index (χ3n) is 4.35. The number of benzene rings is 2. The Balaban J connectivity index is 1.70. The van der Waals surface area contributed by atoms with E-state index in [1.54, 1.807) is 0 Å². The van der Waals surface area contributed by atoms with Crippen molar-refractivity contribution in [3.63, 3.8) is 0 Å². The lowest BCUT2D eigenvalue weighted by Gasteiger charge is -2.09. The van der Waals surface area contributed by atoms with Crippen LogP contribution in [0.2, 0.25) is 0 Å². The number of nitro groups is 2. The first-order chi connectivity index (χ1) is 15.6. The summed E-state index contributed by atoms with van der Waals surface area (Å²) in [7, 11) is -8.07. The van der Waals surface area contributed by atoms with E-state index in [2.05, 4.69) is 14.8 Å². The molecule has 2 aromatic carbocycles. The Hall–Kier alpha value is -2.98. The molecule has 0 atom stereocenters. The zero-order valence-corrected chi connectivity index (χ0v) is 19.0. The predicted octanol–water partition coefficient (Wildman–Crippen LogP) is 1.13. The molecule has 0 bridgehead atoms. The topological polar surface area (TPSA) is 191 Å². The molecule has 180 valence electrons. The lowest BCUT2D eigenvalue weighted by atomic mass is 10.3. The number of nitrogens with zero attached hydrogens (tertiary/aromatic N) is 2. The zero-order valence-electron chi connectivity index (χ0n) is 17.3. The number of hydrogen-bond acceptors (Lipinski definition) is 9. The van der Waals surface area contributed by atoms with Crippen LogP contribution in [0, 0.1) is 20.2 Å². The van der Waals surface area contributed by atoms with Gasteiger partial charge in [-0.3, -0.25) is 20.2 Å². The van der Waals surface area contributed by atoms with Crippen molar-refractivity contribution < 1.29 is 26.7 Å². The second-order valence-corrected chi connectivity index (χ2v) is 10.2. The molecule has 0 saturated heterocycles. The van der Waals surface area contributed by atoms with Crippen molar-refractivity contribution in [1.82, 2.24) is 14.8 Å². The third-order valence-corrected chi connectivity index (χ3v) is 7.36. The summed E-state index contributed by atoms with van der Waals surface area (Å²) in [4.78, 5) is 19.6. The Bertz CT molecular complexity index is 1110. The minimum atomic E-state index is -4.03. The molecule has 2 aromatic rings. The lowest BCUT2D eigenvalue weighted by Crippen LogP contribution is -2.30. The van der Waals surface area contributed by atoms with E-state index in [0.717, 1.165) is 24.3 Å². The molecule has 0 amide bonds. The van der Waals surface area contributed by atoms with Crippen LogP contribution in [0.4, 0.5) is 11.4 Å². The van der Waals surface area contributed by atoms with Crippen LogP contribution in [0.5, 0.6) is 0 Å². The molecule has 0 heterocycles. The first-order valence-corrected chi connectivity index (χ1v) is 12.7. The summed E-state index contributed by atoms with van der Waals surface area (Å²) in [5.41, 5.74) is -1.02. The Morgan fingerprint density at radius 1 is 0.636 bits per heavy atom. The van der Waals surface area contributed by atoms with Crippen molar-refractivity contribution in [2.75, 3.05) is 26.2 Å². The Morgan fingerprint density at radius 3 is 1.36 bits per heavy atom. The Labute approximate surface area is 190 Å². The molecule has 0 aliphatic heterocycles. The van der Waals surface area contributed by atoms with E-state index in [1.165, 1.54) is 24.3 Å². The number of sulfonamides is 2. The number of para-hydroxylation sites is 2. The van der Waals surface area contributed by atoms with Crippen LogP contribution in [0.15, 0.2) is 58.3 Å². The average Bonchev–Trinajstić information content (AvgIpc) is 2.77. The SMILES string of the molecule is O=[N+]([O-])c1ccccc1S(=O)(=O)NCCCNCCCNS(=O)(=O)c1ccccc1[N+](=O)[O-]. The second-order valence-electron chi connectivity index (χ2n) is 6.70. The molecule has 0 spiro atoms. The Kier molecular flexibility index (Phi) is 9.36. The highest BCUT2D eigenvalue weighted by molar-refractivity contribution is 7.90. The van der Waals surface area contributed by atoms with E-state index >= 15 is 0 Å². The number of rotatable bonds is 14. The van der Waals surface area contributed by atoms with E-state index < -0.39 is 51.1 Å². The molecule has 0 aliphatic rings. The first kappa shape index (κ1) is 26.3. The highest BCUT2D eigenvalue weighted by atomic mass is 32.2. The molecule has 0 radical (unpaired) electrons. The quantitative estimate of drug-likeness (QED) is 0.193. The van der Waals surface area contributed by atoms with E-state index in [-0.39, 0.29) is 13.1 Å². The monoisotopic (exact) mass is 501 g/mol. The molecule has 33 heavy (non-hydrogen) atoms. The standard InChI is InChI=1S/C18H23N5O8S2/c24-22(25)15-7-1-3-9-17(15)32(28,29)20-13-5-11-19-12-6-14-21-33(30,31)18-10-4-2-8-16(18)23(26)27/h1-4,7-10,19-21H,5-6,11-14H2. The number of nitrogens with one attached hydrogen (secondary N) is 3. The van der Waals surface area contributed by atoms with Crippen LogP contribution < -0.4 is 14.8 Å². The fraction of sp³-hybridized carbons (Fsp3) is 0.333. The smallest absolute Gasteiger partial charge is 0.289 e. The van der Waals surface area contributed by atoms with Gasteiger partial charge in [0, 0.05) is 25.2 Å². The van der Waals surface area contributed by atoms with Gasteiger partial charge in [0.1, 0.15) is 0 Å². The summed E-state index contributed by atoms with van der Waals surface area (Å²) in [5.74, 6) is 0. The minimum absolute atomic E-state index is 0.0473. The van der Waals surface area contributed by atoms with Gasteiger partial charge in [0.15, 0.2) is 9.79 Å². The zero-order chi connectivity index (χ0) is 24.5. The summed E-state index contributed by atoms with van der Waals surface area (Å²) in [6.07, 6.45) is 0.781. The molecular weight excluding hydrogens is 478 g/mol. The van der Waals surface area contributed by atoms with Gasteiger partial charge in [0.25, 0.3) is 11.4 Å². The molecule has 13 nitrogen and oxygen atoms in total. The van der Waals surface area contributed by atoms with Crippen LogP contribution in [0.3, 0.4) is 0 Å². The summed E-state index contributed by atoms with van der Waals surface area (Å²) in [6.45, 7) is 0.921. The molecule has 2 rings (SSSR count). The van der Waals surface area contributed by atoms with Crippen LogP contribution in [0.25, 0.3) is 0 Å². The lowest BCUT2D eigenvalue weighted by molar-refractivity contribution is -0.388. The van der Waals surface area contributed by atoms with E-state index in [9.17, 15) is 37.1 Å². The number of hydrogen-bond donors (Lipinski definition) is 3. The maximum absolute atomic E-state index is 12.3. The van der Waals surface area contributed by atoms with Gasteiger partial charge < -0.3 is 5.32 Å². The van der Waals surface area contributed by atoms with Gasteiger partial charge in [0.2, 0.25) is 20.0 Å². The van der Waals surface area contributed by atoms with Crippen molar-refractivity contribution in [3.05, 3.63) is 68.8 Å². The molecule has 3 N–H and O–H groups in total. The largest absolute Gasteiger partial charge is 0.317 e.